The zero-order valence-corrected chi connectivity index (χ0v) is 45.5. The average Bonchev–Trinajstić information content (AvgIpc) is 3.33. The van der Waals surface area contributed by atoms with Crippen LogP contribution in [0.5, 0.6) is 0 Å². The second-order valence-electron chi connectivity index (χ2n) is 20.6. The van der Waals surface area contributed by atoms with Crippen molar-refractivity contribution in [3.8, 4) is 0 Å². The number of unbranched alkanes of at least 4 members (excludes halogenated alkanes) is 43. The summed E-state index contributed by atoms with van der Waals surface area (Å²) in [5.41, 5.74) is 0. The summed E-state index contributed by atoms with van der Waals surface area (Å²) in [6.45, 7) is 6.63. The molecule has 67 heavy (non-hydrogen) atoms. The molecule has 0 aromatic heterocycles. The first-order valence-corrected chi connectivity index (χ1v) is 30.2. The number of hydrogen-bond donors (Lipinski definition) is 0. The molecule has 1 atom stereocenters. The highest BCUT2D eigenvalue weighted by Gasteiger charge is 2.19. The summed E-state index contributed by atoms with van der Waals surface area (Å²) in [4.78, 5) is 37.9. The summed E-state index contributed by atoms with van der Waals surface area (Å²) in [6, 6.07) is 0. The molecule has 0 aromatic rings. The molecule has 0 saturated heterocycles. The van der Waals surface area contributed by atoms with Crippen molar-refractivity contribution in [2.75, 3.05) is 13.2 Å². The highest BCUT2D eigenvalue weighted by atomic mass is 16.6. The van der Waals surface area contributed by atoms with Crippen molar-refractivity contribution in [1.82, 2.24) is 0 Å². The lowest BCUT2D eigenvalue weighted by Gasteiger charge is -2.18. The molecule has 6 nitrogen and oxygen atoms in total. The fraction of sp³-hybridized carbons (Fsp3) is 0.918. The molecule has 0 N–H and O–H groups in total. The average molecular weight is 946 g/mol. The summed E-state index contributed by atoms with van der Waals surface area (Å²) in [7, 11) is 0. The molecule has 0 amide bonds. The number of allylic oxidation sites excluding steroid dienone is 2. The van der Waals surface area contributed by atoms with Crippen molar-refractivity contribution in [3.63, 3.8) is 0 Å². The minimum atomic E-state index is -0.767. The maximum absolute atomic E-state index is 12.8. The van der Waals surface area contributed by atoms with Crippen LogP contribution in [0.4, 0.5) is 0 Å². The van der Waals surface area contributed by atoms with E-state index in [0.717, 1.165) is 64.2 Å². The molecule has 0 bridgehead atoms. The molecule has 0 aliphatic carbocycles. The Bertz CT molecular complexity index is 1040. The highest BCUT2D eigenvalue weighted by Crippen LogP contribution is 2.18. The van der Waals surface area contributed by atoms with Crippen molar-refractivity contribution in [2.24, 2.45) is 0 Å². The van der Waals surface area contributed by atoms with Gasteiger partial charge < -0.3 is 14.2 Å². The topological polar surface area (TPSA) is 78.9 Å². The van der Waals surface area contributed by atoms with Crippen molar-refractivity contribution in [3.05, 3.63) is 12.2 Å². The van der Waals surface area contributed by atoms with Gasteiger partial charge in [-0.2, -0.15) is 0 Å². The van der Waals surface area contributed by atoms with E-state index in [1.807, 2.05) is 0 Å². The van der Waals surface area contributed by atoms with Crippen LogP contribution in [0, 0.1) is 0 Å². The highest BCUT2D eigenvalue weighted by molar-refractivity contribution is 5.71. The third-order valence-electron chi connectivity index (χ3n) is 13.8. The maximum atomic E-state index is 12.8. The summed E-state index contributed by atoms with van der Waals surface area (Å²) >= 11 is 0. The Hall–Kier alpha value is -1.85. The first-order valence-electron chi connectivity index (χ1n) is 30.2. The minimum Gasteiger partial charge on any atom is -0.462 e. The first kappa shape index (κ1) is 65.1. The third kappa shape index (κ3) is 55.0. The van der Waals surface area contributed by atoms with Gasteiger partial charge in [0.1, 0.15) is 13.2 Å². The normalized spacial score (nSPS) is 12.0. The molecule has 396 valence electrons. The molecule has 1 unspecified atom stereocenters. The maximum Gasteiger partial charge on any atom is 0.306 e. The van der Waals surface area contributed by atoms with Crippen molar-refractivity contribution < 1.29 is 28.6 Å². The van der Waals surface area contributed by atoms with Gasteiger partial charge in [-0.25, -0.2) is 0 Å². The molecule has 0 aliphatic heterocycles. The van der Waals surface area contributed by atoms with Crippen LogP contribution >= 0.6 is 0 Å². The molecule has 0 fully saturated rings. The summed E-state index contributed by atoms with van der Waals surface area (Å²) < 4.78 is 16.8. The van der Waals surface area contributed by atoms with Crippen molar-refractivity contribution in [1.29, 1.82) is 0 Å². The van der Waals surface area contributed by atoms with Gasteiger partial charge in [-0.15, -0.1) is 0 Å². The Balaban J connectivity index is 3.98. The molecule has 0 aromatic carbocycles. The molecule has 0 spiro atoms. The van der Waals surface area contributed by atoms with Crippen LogP contribution in [-0.4, -0.2) is 37.2 Å². The van der Waals surface area contributed by atoms with Gasteiger partial charge in [0.2, 0.25) is 0 Å². The Kier molecular flexibility index (Phi) is 55.2. The number of esters is 3. The van der Waals surface area contributed by atoms with Crippen LogP contribution < -0.4 is 0 Å². The lowest BCUT2D eigenvalue weighted by Crippen LogP contribution is -2.30. The Morgan fingerprint density at radius 1 is 0.284 bits per heavy atom. The lowest BCUT2D eigenvalue weighted by atomic mass is 10.0. The van der Waals surface area contributed by atoms with Crippen LogP contribution in [0.25, 0.3) is 0 Å². The molecule has 0 radical (unpaired) electrons. The van der Waals surface area contributed by atoms with E-state index in [-0.39, 0.29) is 31.1 Å². The molecule has 0 saturated carbocycles. The number of rotatable bonds is 56. The Morgan fingerprint density at radius 3 is 0.776 bits per heavy atom. The van der Waals surface area contributed by atoms with E-state index in [0.29, 0.717) is 19.3 Å². The molecule has 0 rings (SSSR count). The van der Waals surface area contributed by atoms with Crippen LogP contribution in [0.3, 0.4) is 0 Å². The summed E-state index contributed by atoms with van der Waals surface area (Å²) in [5, 5.41) is 0. The number of carbonyl (C=O) groups excluding carboxylic acids is 3. The first-order chi connectivity index (χ1) is 33.0. The van der Waals surface area contributed by atoms with E-state index in [1.165, 1.54) is 238 Å². The van der Waals surface area contributed by atoms with Gasteiger partial charge in [-0.3, -0.25) is 14.4 Å². The van der Waals surface area contributed by atoms with Crippen molar-refractivity contribution >= 4 is 17.9 Å². The minimum absolute atomic E-state index is 0.0683. The van der Waals surface area contributed by atoms with Crippen LogP contribution in [0.1, 0.15) is 342 Å². The van der Waals surface area contributed by atoms with Gasteiger partial charge in [-0.05, 0) is 44.9 Å². The predicted molar refractivity (Wildman–Crippen MR) is 289 cm³/mol. The Morgan fingerprint density at radius 2 is 0.493 bits per heavy atom. The SMILES string of the molecule is CCCCC/C=C\CCCCCCCC(=O)OC(COC(=O)CCCCCCCCCC)COC(=O)CCCCCCCCCCCCCCCCCCCCCCCCCCCCCCC. The zero-order valence-electron chi connectivity index (χ0n) is 45.5. The van der Waals surface area contributed by atoms with E-state index < -0.39 is 6.10 Å². The molecule has 0 aliphatic rings. The standard InChI is InChI=1S/C61H116O6/c1-4-7-10-13-16-19-21-23-24-25-26-27-28-29-30-31-32-33-34-35-36-37-38-39-41-42-45-48-51-54-60(63)66-57-58(56-65-59(62)53-50-47-44-18-15-12-9-6-3)67-61(64)55-52-49-46-43-40-22-20-17-14-11-8-5-2/h17,20,58H,4-16,18-19,21-57H2,1-3H3/b20-17-. The van der Waals surface area contributed by atoms with Crippen molar-refractivity contribution in [2.45, 2.75) is 348 Å². The van der Waals surface area contributed by atoms with E-state index in [2.05, 4.69) is 32.9 Å². The number of ether oxygens (including phenoxy) is 3. The van der Waals surface area contributed by atoms with E-state index in [9.17, 15) is 14.4 Å². The van der Waals surface area contributed by atoms with Crippen LogP contribution in [0.2, 0.25) is 0 Å². The monoisotopic (exact) mass is 945 g/mol. The fourth-order valence-corrected chi connectivity index (χ4v) is 9.21. The third-order valence-corrected chi connectivity index (χ3v) is 13.8. The van der Waals surface area contributed by atoms with Gasteiger partial charge in [0.05, 0.1) is 0 Å². The summed E-state index contributed by atoms with van der Waals surface area (Å²) in [5.74, 6) is -0.863. The largest absolute Gasteiger partial charge is 0.462 e. The second-order valence-corrected chi connectivity index (χ2v) is 20.6. The van der Waals surface area contributed by atoms with Crippen LogP contribution in [0.15, 0.2) is 12.2 Å². The number of carbonyl (C=O) groups is 3. The van der Waals surface area contributed by atoms with Gasteiger partial charge in [0.15, 0.2) is 6.10 Å². The Labute approximate surface area is 418 Å². The van der Waals surface area contributed by atoms with Gasteiger partial charge in [0.25, 0.3) is 0 Å². The number of hydrogen-bond acceptors (Lipinski definition) is 6. The van der Waals surface area contributed by atoms with Gasteiger partial charge in [0, 0.05) is 19.3 Å². The quantitative estimate of drug-likeness (QED) is 0.0262. The molecular weight excluding hydrogens is 829 g/mol. The smallest absolute Gasteiger partial charge is 0.306 e. The lowest BCUT2D eigenvalue weighted by molar-refractivity contribution is -0.167. The fourth-order valence-electron chi connectivity index (χ4n) is 9.21. The zero-order chi connectivity index (χ0) is 48.6. The second kappa shape index (κ2) is 56.7. The van der Waals surface area contributed by atoms with E-state index in [1.54, 1.807) is 0 Å². The molecule has 0 heterocycles. The van der Waals surface area contributed by atoms with E-state index >= 15 is 0 Å². The molecular formula is C61H116O6. The van der Waals surface area contributed by atoms with Crippen LogP contribution in [-0.2, 0) is 28.6 Å². The molecule has 6 heteroatoms. The predicted octanol–water partition coefficient (Wildman–Crippen LogP) is 20.1. The van der Waals surface area contributed by atoms with E-state index in [4.69, 9.17) is 14.2 Å². The van der Waals surface area contributed by atoms with Gasteiger partial charge in [-0.1, -0.05) is 290 Å². The van der Waals surface area contributed by atoms with Gasteiger partial charge >= 0.3 is 17.9 Å². The summed E-state index contributed by atoms with van der Waals surface area (Å²) in [6.07, 6.45) is 65.4.